The summed E-state index contributed by atoms with van der Waals surface area (Å²) in [6, 6.07) is 18.6. The lowest BCUT2D eigenvalue weighted by atomic mass is 10.1. The third kappa shape index (κ3) is 5.10. The summed E-state index contributed by atoms with van der Waals surface area (Å²) >= 11 is 1.95. The maximum absolute atomic E-state index is 10.9. The number of aryl methyl sites for hydroxylation is 1. The molecule has 0 unspecified atom stereocenters. The van der Waals surface area contributed by atoms with Crippen molar-refractivity contribution < 1.29 is 4.79 Å². The summed E-state index contributed by atoms with van der Waals surface area (Å²) in [6.07, 6.45) is 1.05. The Kier molecular flexibility index (Phi) is 5.69. The maximum atomic E-state index is 10.9. The van der Waals surface area contributed by atoms with Crippen LogP contribution in [0.5, 0.6) is 0 Å². The molecule has 2 aromatic carbocycles. The fraction of sp³-hybridized carbons (Fsp3) is 0.235. The Hall–Kier alpha value is -1.74. The minimum Gasteiger partial charge on any atom is -0.326 e. The van der Waals surface area contributed by atoms with Gasteiger partial charge >= 0.3 is 0 Å². The summed E-state index contributed by atoms with van der Waals surface area (Å²) in [4.78, 5) is 10.9. The van der Waals surface area contributed by atoms with Gasteiger partial charge in [0.2, 0.25) is 5.91 Å². The quantitative estimate of drug-likeness (QED) is 0.809. The predicted molar refractivity (Wildman–Crippen MR) is 87.1 cm³/mol. The van der Waals surface area contributed by atoms with Gasteiger partial charge in [0.15, 0.2) is 0 Å². The monoisotopic (exact) mass is 285 g/mol. The number of rotatable bonds is 6. The molecule has 2 rings (SSSR count). The highest BCUT2D eigenvalue weighted by Crippen LogP contribution is 2.15. The molecule has 3 heteroatoms. The first kappa shape index (κ1) is 14.7. The molecular weight excluding hydrogens is 266 g/mol. The number of amides is 1. The van der Waals surface area contributed by atoms with Crippen LogP contribution in [0.1, 0.15) is 18.1 Å². The van der Waals surface area contributed by atoms with Gasteiger partial charge in [0, 0.05) is 18.4 Å². The molecule has 0 atom stereocenters. The van der Waals surface area contributed by atoms with Crippen molar-refractivity contribution in [2.45, 2.75) is 19.1 Å². The van der Waals surface area contributed by atoms with E-state index in [0.29, 0.717) is 0 Å². The van der Waals surface area contributed by atoms with Crippen molar-refractivity contribution >= 4 is 23.4 Å². The van der Waals surface area contributed by atoms with Crippen LogP contribution in [-0.2, 0) is 17.0 Å². The Balaban J connectivity index is 1.73. The lowest BCUT2D eigenvalue weighted by Gasteiger charge is -2.05. The fourth-order valence-corrected chi connectivity index (χ4v) is 2.86. The minimum atomic E-state index is -0.0313. The molecule has 0 aliphatic carbocycles. The first-order chi connectivity index (χ1) is 9.74. The molecule has 1 N–H and O–H groups in total. The first-order valence-electron chi connectivity index (χ1n) is 6.72. The lowest BCUT2D eigenvalue weighted by Crippen LogP contribution is -2.05. The van der Waals surface area contributed by atoms with Gasteiger partial charge in [-0.1, -0.05) is 42.5 Å². The van der Waals surface area contributed by atoms with Crippen molar-refractivity contribution in [1.82, 2.24) is 0 Å². The SMILES string of the molecule is CC(=O)Nc1ccc(CCSCc2ccccc2)cc1. The average molecular weight is 285 g/mol. The Morgan fingerprint density at radius 1 is 1.00 bits per heavy atom. The highest BCUT2D eigenvalue weighted by molar-refractivity contribution is 7.98. The molecular formula is C17H19NOS. The number of thioether (sulfide) groups is 1. The minimum absolute atomic E-state index is 0.0313. The standard InChI is InChI=1S/C17H19NOS/c1-14(19)18-17-9-7-15(8-10-17)11-12-20-13-16-5-3-2-4-6-16/h2-10H,11-13H2,1H3,(H,18,19). The second-order valence-electron chi connectivity index (χ2n) is 4.67. The third-order valence-electron chi connectivity index (χ3n) is 2.92. The van der Waals surface area contributed by atoms with Crippen LogP contribution in [-0.4, -0.2) is 11.7 Å². The van der Waals surface area contributed by atoms with E-state index in [4.69, 9.17) is 0 Å². The van der Waals surface area contributed by atoms with Gasteiger partial charge in [-0.2, -0.15) is 11.8 Å². The summed E-state index contributed by atoms with van der Waals surface area (Å²) in [5.41, 5.74) is 3.54. The number of benzene rings is 2. The maximum Gasteiger partial charge on any atom is 0.221 e. The summed E-state index contributed by atoms with van der Waals surface area (Å²) in [6.45, 7) is 1.52. The van der Waals surface area contributed by atoms with Crippen LogP contribution in [0.4, 0.5) is 5.69 Å². The van der Waals surface area contributed by atoms with Gasteiger partial charge in [0.05, 0.1) is 0 Å². The van der Waals surface area contributed by atoms with Crippen LogP contribution in [0.25, 0.3) is 0 Å². The summed E-state index contributed by atoms with van der Waals surface area (Å²) in [5.74, 6) is 2.13. The molecule has 2 aromatic rings. The Morgan fingerprint density at radius 2 is 1.70 bits per heavy atom. The van der Waals surface area contributed by atoms with E-state index < -0.39 is 0 Å². The number of carbonyl (C=O) groups is 1. The highest BCUT2D eigenvalue weighted by atomic mass is 32.2. The molecule has 0 aliphatic rings. The van der Waals surface area contributed by atoms with Gasteiger partial charge in [-0.05, 0) is 35.4 Å². The second-order valence-corrected chi connectivity index (χ2v) is 5.77. The van der Waals surface area contributed by atoms with E-state index in [1.54, 1.807) is 0 Å². The van der Waals surface area contributed by atoms with Gasteiger partial charge in [0.25, 0.3) is 0 Å². The van der Waals surface area contributed by atoms with Gasteiger partial charge in [-0.25, -0.2) is 0 Å². The van der Waals surface area contributed by atoms with E-state index in [1.165, 1.54) is 18.1 Å². The van der Waals surface area contributed by atoms with Crippen LogP contribution < -0.4 is 5.32 Å². The van der Waals surface area contributed by atoms with E-state index >= 15 is 0 Å². The zero-order chi connectivity index (χ0) is 14.2. The summed E-state index contributed by atoms with van der Waals surface area (Å²) < 4.78 is 0. The predicted octanol–water partition coefficient (Wildman–Crippen LogP) is 4.12. The molecule has 0 bridgehead atoms. The van der Waals surface area contributed by atoms with E-state index in [2.05, 4.69) is 41.7 Å². The lowest BCUT2D eigenvalue weighted by molar-refractivity contribution is -0.114. The van der Waals surface area contributed by atoms with Crippen LogP contribution in [0.3, 0.4) is 0 Å². The summed E-state index contributed by atoms with van der Waals surface area (Å²) in [7, 11) is 0. The van der Waals surface area contributed by atoms with Gasteiger partial charge < -0.3 is 5.32 Å². The van der Waals surface area contributed by atoms with Crippen molar-refractivity contribution in [3.63, 3.8) is 0 Å². The molecule has 0 aliphatic heterocycles. The van der Waals surface area contributed by atoms with Gasteiger partial charge in [-0.15, -0.1) is 0 Å². The van der Waals surface area contributed by atoms with E-state index in [0.717, 1.165) is 23.6 Å². The van der Waals surface area contributed by atoms with Crippen molar-refractivity contribution in [1.29, 1.82) is 0 Å². The van der Waals surface area contributed by atoms with Crippen LogP contribution in [0.2, 0.25) is 0 Å². The summed E-state index contributed by atoms with van der Waals surface area (Å²) in [5, 5.41) is 2.78. The average Bonchev–Trinajstić information content (AvgIpc) is 2.46. The fourth-order valence-electron chi connectivity index (χ4n) is 1.91. The molecule has 20 heavy (non-hydrogen) atoms. The third-order valence-corrected chi connectivity index (χ3v) is 3.95. The van der Waals surface area contributed by atoms with Crippen molar-refractivity contribution in [2.75, 3.05) is 11.1 Å². The molecule has 0 saturated heterocycles. The van der Waals surface area contributed by atoms with Crippen molar-refractivity contribution in [3.05, 3.63) is 65.7 Å². The van der Waals surface area contributed by atoms with Crippen LogP contribution >= 0.6 is 11.8 Å². The van der Waals surface area contributed by atoms with E-state index in [-0.39, 0.29) is 5.91 Å². The highest BCUT2D eigenvalue weighted by Gasteiger charge is 1.98. The molecule has 0 radical (unpaired) electrons. The smallest absolute Gasteiger partial charge is 0.221 e. The number of hydrogen-bond donors (Lipinski definition) is 1. The Bertz CT molecular complexity index is 537. The second kappa shape index (κ2) is 7.75. The van der Waals surface area contributed by atoms with Crippen molar-refractivity contribution in [3.8, 4) is 0 Å². The zero-order valence-corrected chi connectivity index (χ0v) is 12.5. The normalized spacial score (nSPS) is 10.2. The molecule has 0 aromatic heterocycles. The van der Waals surface area contributed by atoms with Gasteiger partial charge in [0.1, 0.15) is 0 Å². The number of nitrogens with one attached hydrogen (secondary N) is 1. The molecule has 0 spiro atoms. The molecule has 104 valence electrons. The van der Waals surface area contributed by atoms with E-state index in [9.17, 15) is 4.79 Å². The molecule has 1 amide bonds. The molecule has 0 heterocycles. The first-order valence-corrected chi connectivity index (χ1v) is 7.88. The molecule has 0 saturated carbocycles. The molecule has 2 nitrogen and oxygen atoms in total. The zero-order valence-electron chi connectivity index (χ0n) is 11.6. The number of hydrogen-bond acceptors (Lipinski definition) is 2. The van der Waals surface area contributed by atoms with Crippen molar-refractivity contribution in [2.24, 2.45) is 0 Å². The van der Waals surface area contributed by atoms with Crippen LogP contribution in [0.15, 0.2) is 54.6 Å². The number of carbonyl (C=O) groups excluding carboxylic acids is 1. The van der Waals surface area contributed by atoms with Gasteiger partial charge in [-0.3, -0.25) is 4.79 Å². The topological polar surface area (TPSA) is 29.1 Å². The Morgan fingerprint density at radius 3 is 2.35 bits per heavy atom. The molecule has 0 fully saturated rings. The number of anilines is 1. The van der Waals surface area contributed by atoms with E-state index in [1.807, 2.05) is 30.0 Å². The Labute approximate surface area is 124 Å². The largest absolute Gasteiger partial charge is 0.326 e. The van der Waals surface area contributed by atoms with Crippen LogP contribution in [0, 0.1) is 0 Å².